The Morgan fingerprint density at radius 2 is 2.29 bits per heavy atom. The molecule has 1 fully saturated rings. The van der Waals surface area contributed by atoms with Gasteiger partial charge in [-0.25, -0.2) is 0 Å². The molecule has 2 nitrogen and oxygen atoms in total. The third-order valence-corrected chi connectivity index (χ3v) is 3.86. The summed E-state index contributed by atoms with van der Waals surface area (Å²) >= 11 is 2.33. The summed E-state index contributed by atoms with van der Waals surface area (Å²) in [5.41, 5.74) is 0. The molecule has 0 N–H and O–H groups in total. The first-order chi connectivity index (χ1) is 6.81. The van der Waals surface area contributed by atoms with Crippen molar-refractivity contribution in [2.24, 2.45) is 5.92 Å². The summed E-state index contributed by atoms with van der Waals surface area (Å²) in [6, 6.07) is 0.664. The van der Waals surface area contributed by atoms with Crippen LogP contribution in [0.3, 0.4) is 0 Å². The highest BCUT2D eigenvalue weighted by atomic mass is 127. The van der Waals surface area contributed by atoms with Crippen LogP contribution in [0.25, 0.3) is 0 Å². The second-order valence-electron chi connectivity index (χ2n) is 4.16. The van der Waals surface area contributed by atoms with E-state index in [0.717, 1.165) is 5.92 Å². The number of hydrogen-bond donors (Lipinski definition) is 0. The molecule has 78 valence electrons. The zero-order chi connectivity index (χ0) is 9.97. The minimum atomic E-state index is 0.664. The van der Waals surface area contributed by atoms with Crippen LogP contribution in [0.5, 0.6) is 0 Å². The van der Waals surface area contributed by atoms with Crippen molar-refractivity contribution in [2.45, 2.75) is 45.1 Å². The van der Waals surface area contributed by atoms with E-state index in [1.807, 2.05) is 6.20 Å². The maximum atomic E-state index is 4.45. The monoisotopic (exact) mass is 304 g/mol. The van der Waals surface area contributed by atoms with Gasteiger partial charge in [-0.3, -0.25) is 4.68 Å². The Kier molecular flexibility index (Phi) is 3.47. The Labute approximate surface area is 99.2 Å². The molecule has 1 aromatic rings. The van der Waals surface area contributed by atoms with Crippen LogP contribution in [0.2, 0.25) is 0 Å². The Balaban J connectivity index is 2.14. The van der Waals surface area contributed by atoms with Gasteiger partial charge in [-0.05, 0) is 41.4 Å². The molecule has 0 aromatic carbocycles. The topological polar surface area (TPSA) is 17.8 Å². The largest absolute Gasteiger partial charge is 0.268 e. The van der Waals surface area contributed by atoms with Crippen molar-refractivity contribution >= 4 is 22.6 Å². The van der Waals surface area contributed by atoms with Gasteiger partial charge in [0.2, 0.25) is 0 Å². The van der Waals surface area contributed by atoms with Gasteiger partial charge in [0.1, 0.15) is 0 Å². The highest BCUT2D eigenvalue weighted by Gasteiger charge is 2.25. The summed E-state index contributed by atoms with van der Waals surface area (Å²) in [7, 11) is 0. The van der Waals surface area contributed by atoms with Gasteiger partial charge < -0.3 is 0 Å². The van der Waals surface area contributed by atoms with Gasteiger partial charge in [-0.1, -0.05) is 26.2 Å². The lowest BCUT2D eigenvalue weighted by atomic mass is 9.83. The zero-order valence-corrected chi connectivity index (χ0v) is 10.8. The fraction of sp³-hybridized carbons (Fsp3) is 0.727. The molecular formula is C11H17IN2. The van der Waals surface area contributed by atoms with Gasteiger partial charge in [0.05, 0.1) is 15.8 Å². The molecule has 2 rings (SSSR count). The highest BCUT2D eigenvalue weighted by Crippen LogP contribution is 2.35. The maximum Gasteiger partial charge on any atom is 0.0623 e. The summed E-state index contributed by atoms with van der Waals surface area (Å²) in [5, 5.41) is 4.45. The minimum Gasteiger partial charge on any atom is -0.268 e. The van der Waals surface area contributed by atoms with E-state index in [0.29, 0.717) is 6.04 Å². The predicted molar refractivity (Wildman–Crippen MR) is 66.2 cm³/mol. The first-order valence-corrected chi connectivity index (χ1v) is 6.58. The molecule has 0 saturated heterocycles. The van der Waals surface area contributed by atoms with Gasteiger partial charge >= 0.3 is 0 Å². The maximum absolute atomic E-state index is 4.45. The number of rotatable bonds is 2. The molecule has 1 aromatic heterocycles. The number of hydrogen-bond acceptors (Lipinski definition) is 1. The minimum absolute atomic E-state index is 0.664. The first kappa shape index (κ1) is 10.5. The lowest BCUT2D eigenvalue weighted by molar-refractivity contribution is 0.217. The van der Waals surface area contributed by atoms with Crippen LogP contribution in [-0.4, -0.2) is 9.78 Å². The number of aromatic nitrogens is 2. The van der Waals surface area contributed by atoms with Crippen molar-refractivity contribution in [3.63, 3.8) is 0 Å². The summed E-state index contributed by atoms with van der Waals surface area (Å²) in [6.07, 6.45) is 10.9. The lowest BCUT2D eigenvalue weighted by Gasteiger charge is -2.30. The smallest absolute Gasteiger partial charge is 0.0623 e. The van der Waals surface area contributed by atoms with Crippen LogP contribution in [0.4, 0.5) is 0 Å². The molecule has 0 amide bonds. The van der Waals surface area contributed by atoms with Crippen LogP contribution >= 0.6 is 22.6 Å². The van der Waals surface area contributed by atoms with E-state index in [1.54, 1.807) is 0 Å². The normalized spacial score (nSPS) is 27.9. The van der Waals surface area contributed by atoms with Crippen molar-refractivity contribution < 1.29 is 0 Å². The number of halogens is 1. The van der Waals surface area contributed by atoms with Crippen molar-refractivity contribution in [1.82, 2.24) is 9.78 Å². The summed E-state index contributed by atoms with van der Waals surface area (Å²) in [5.74, 6) is 0.847. The first-order valence-electron chi connectivity index (χ1n) is 5.51. The number of nitrogens with zero attached hydrogens (tertiary/aromatic N) is 2. The van der Waals surface area contributed by atoms with Gasteiger partial charge in [0, 0.05) is 6.20 Å². The van der Waals surface area contributed by atoms with Gasteiger partial charge in [-0.2, -0.15) is 5.10 Å². The molecule has 14 heavy (non-hydrogen) atoms. The van der Waals surface area contributed by atoms with Gasteiger partial charge in [0.25, 0.3) is 0 Å². The molecule has 0 bridgehead atoms. The Bertz CT molecular complexity index is 295. The second kappa shape index (κ2) is 4.64. The molecule has 1 saturated carbocycles. The molecule has 1 aliphatic rings. The van der Waals surface area contributed by atoms with Crippen LogP contribution in [0.1, 0.15) is 45.1 Å². The molecule has 2 atom stereocenters. The molecule has 1 aliphatic carbocycles. The van der Waals surface area contributed by atoms with E-state index < -0.39 is 0 Å². The van der Waals surface area contributed by atoms with Crippen LogP contribution in [-0.2, 0) is 0 Å². The fourth-order valence-electron chi connectivity index (χ4n) is 2.51. The summed E-state index contributed by atoms with van der Waals surface area (Å²) < 4.78 is 3.44. The molecule has 2 unspecified atom stereocenters. The Morgan fingerprint density at radius 3 is 2.93 bits per heavy atom. The van der Waals surface area contributed by atoms with E-state index in [4.69, 9.17) is 0 Å². The van der Waals surface area contributed by atoms with Crippen molar-refractivity contribution in [3.8, 4) is 0 Å². The lowest BCUT2D eigenvalue weighted by Crippen LogP contribution is -2.23. The predicted octanol–water partition coefficient (Wildman–Crippen LogP) is 3.63. The van der Waals surface area contributed by atoms with E-state index >= 15 is 0 Å². The van der Waals surface area contributed by atoms with E-state index in [9.17, 15) is 0 Å². The van der Waals surface area contributed by atoms with Crippen LogP contribution in [0, 0.1) is 9.49 Å². The average Bonchev–Trinajstić information content (AvgIpc) is 2.65. The standard InChI is InChI=1S/C11H17IN2/c1-2-9-5-3-4-6-11(9)14-8-10(12)7-13-14/h7-9,11H,2-6H2,1H3. The van der Waals surface area contributed by atoms with Gasteiger partial charge in [-0.15, -0.1) is 0 Å². The average molecular weight is 304 g/mol. The molecular weight excluding hydrogens is 287 g/mol. The molecule has 3 heteroatoms. The van der Waals surface area contributed by atoms with E-state index in [-0.39, 0.29) is 0 Å². The fourth-order valence-corrected chi connectivity index (χ4v) is 2.92. The van der Waals surface area contributed by atoms with Crippen molar-refractivity contribution in [1.29, 1.82) is 0 Å². The van der Waals surface area contributed by atoms with E-state index in [1.165, 1.54) is 35.7 Å². The SMILES string of the molecule is CCC1CCCCC1n1cc(I)cn1. The van der Waals surface area contributed by atoms with Crippen LogP contribution < -0.4 is 0 Å². The third-order valence-electron chi connectivity index (χ3n) is 3.30. The summed E-state index contributed by atoms with van der Waals surface area (Å²) in [4.78, 5) is 0. The summed E-state index contributed by atoms with van der Waals surface area (Å²) in [6.45, 7) is 2.30. The van der Waals surface area contributed by atoms with E-state index in [2.05, 4.69) is 45.5 Å². The van der Waals surface area contributed by atoms with Crippen LogP contribution in [0.15, 0.2) is 12.4 Å². The van der Waals surface area contributed by atoms with Gasteiger partial charge in [0.15, 0.2) is 0 Å². The van der Waals surface area contributed by atoms with Crippen molar-refractivity contribution in [3.05, 3.63) is 16.0 Å². The van der Waals surface area contributed by atoms with Crippen molar-refractivity contribution in [2.75, 3.05) is 0 Å². The second-order valence-corrected chi connectivity index (χ2v) is 5.40. The molecule has 0 radical (unpaired) electrons. The molecule has 1 heterocycles. The zero-order valence-electron chi connectivity index (χ0n) is 8.62. The quantitative estimate of drug-likeness (QED) is 0.763. The third kappa shape index (κ3) is 2.12. The Hall–Kier alpha value is -0.0600. The highest BCUT2D eigenvalue weighted by molar-refractivity contribution is 14.1. The molecule has 0 aliphatic heterocycles. The Morgan fingerprint density at radius 1 is 1.50 bits per heavy atom. The molecule has 0 spiro atoms.